The lowest BCUT2D eigenvalue weighted by Gasteiger charge is -1.97. The number of carboxylic acids is 1. The van der Waals surface area contributed by atoms with Crippen LogP contribution < -0.4 is 0 Å². The number of halogens is 3. The van der Waals surface area contributed by atoms with E-state index in [0.717, 1.165) is 11.3 Å². The molecule has 0 aliphatic heterocycles. The van der Waals surface area contributed by atoms with E-state index in [1.54, 1.807) is 12.1 Å². The van der Waals surface area contributed by atoms with Gasteiger partial charge in [-0.25, -0.2) is 4.79 Å². The lowest BCUT2D eigenvalue weighted by atomic mass is 10.2. The van der Waals surface area contributed by atoms with Gasteiger partial charge in [-0.05, 0) is 24.6 Å². The number of alkyl halides is 3. The molecule has 0 aromatic carbocycles. The van der Waals surface area contributed by atoms with E-state index in [4.69, 9.17) is 15.0 Å². The Balaban J connectivity index is 0.000000325. The van der Waals surface area contributed by atoms with E-state index in [1.165, 1.54) is 6.20 Å². The molecule has 1 aromatic heterocycles. The number of hydrogen-bond acceptors (Lipinski definition) is 3. The molecule has 0 spiro atoms. The van der Waals surface area contributed by atoms with Gasteiger partial charge in [0.25, 0.3) is 0 Å². The van der Waals surface area contributed by atoms with Crippen molar-refractivity contribution in [2.24, 2.45) is 0 Å². The van der Waals surface area contributed by atoms with E-state index in [9.17, 15) is 13.2 Å². The van der Waals surface area contributed by atoms with Crippen LogP contribution in [0.4, 0.5) is 13.2 Å². The fourth-order valence-electron chi connectivity index (χ4n) is 0.784. The topological polar surface area (TPSA) is 70.4 Å². The van der Waals surface area contributed by atoms with Gasteiger partial charge in [0.05, 0.1) is 11.9 Å². The summed E-state index contributed by atoms with van der Waals surface area (Å²) in [6.07, 6.45) is -2.02. The summed E-state index contributed by atoms with van der Waals surface area (Å²) >= 11 is 0. The quantitative estimate of drug-likeness (QED) is 0.801. The van der Waals surface area contributed by atoms with E-state index >= 15 is 0 Å². The molecule has 94 valence electrons. The number of hydrogen-bond donors (Lipinski definition) is 2. The zero-order chi connectivity index (χ0) is 13.6. The summed E-state index contributed by atoms with van der Waals surface area (Å²) in [6.45, 7) is 5.46. The minimum Gasteiger partial charge on any atom is -0.506 e. The third-order valence-corrected chi connectivity index (χ3v) is 1.54. The van der Waals surface area contributed by atoms with Gasteiger partial charge in [-0.2, -0.15) is 13.2 Å². The number of aryl methyl sites for hydroxylation is 1. The number of carbonyl (C=O) groups is 1. The normalized spacial score (nSPS) is 10.1. The van der Waals surface area contributed by atoms with Gasteiger partial charge < -0.3 is 10.2 Å². The highest BCUT2D eigenvalue weighted by Crippen LogP contribution is 2.13. The second kappa shape index (κ2) is 5.88. The zero-order valence-electron chi connectivity index (χ0n) is 8.82. The average molecular weight is 249 g/mol. The highest BCUT2D eigenvalue weighted by atomic mass is 19.4. The Morgan fingerprint density at radius 2 is 2.00 bits per heavy atom. The van der Waals surface area contributed by atoms with Crippen LogP contribution >= 0.6 is 0 Å². The summed E-state index contributed by atoms with van der Waals surface area (Å²) in [7, 11) is 0. The van der Waals surface area contributed by atoms with Gasteiger partial charge in [-0.3, -0.25) is 4.98 Å². The number of aromatic nitrogens is 1. The molecule has 0 aliphatic rings. The molecule has 0 fully saturated rings. The zero-order valence-corrected chi connectivity index (χ0v) is 8.82. The molecule has 17 heavy (non-hydrogen) atoms. The number of nitrogens with zero attached hydrogens (tertiary/aromatic N) is 1. The van der Waals surface area contributed by atoms with Crippen molar-refractivity contribution in [3.05, 3.63) is 30.1 Å². The summed E-state index contributed by atoms with van der Waals surface area (Å²) < 4.78 is 31.7. The van der Waals surface area contributed by atoms with Gasteiger partial charge in [0.15, 0.2) is 0 Å². The number of carboxylic acid groups (broad SMARTS) is 1. The third-order valence-electron chi connectivity index (χ3n) is 1.54. The fourth-order valence-corrected chi connectivity index (χ4v) is 0.784. The van der Waals surface area contributed by atoms with E-state index in [2.05, 4.69) is 11.6 Å². The molecular formula is C10H10F3NO3. The van der Waals surface area contributed by atoms with Gasteiger partial charge in [-0.15, -0.1) is 0 Å². The van der Waals surface area contributed by atoms with Crippen molar-refractivity contribution in [2.75, 3.05) is 0 Å². The van der Waals surface area contributed by atoms with Gasteiger partial charge in [0, 0.05) is 0 Å². The SMILES string of the molecule is C=Cc1ncc(O)cc1C.O=C(O)C(F)(F)F. The van der Waals surface area contributed by atoms with Crippen LogP contribution in [0.25, 0.3) is 6.08 Å². The Kier molecular flexibility index (Phi) is 5.17. The fraction of sp³-hybridized carbons (Fsp3) is 0.200. The van der Waals surface area contributed by atoms with Gasteiger partial charge in [0.2, 0.25) is 0 Å². The first-order valence-corrected chi connectivity index (χ1v) is 4.26. The maximum absolute atomic E-state index is 10.6. The molecule has 2 N–H and O–H groups in total. The molecule has 1 rings (SSSR count). The van der Waals surface area contributed by atoms with Crippen LogP contribution in [-0.2, 0) is 4.79 Å². The van der Waals surface area contributed by atoms with E-state index in [1.807, 2.05) is 6.92 Å². The van der Waals surface area contributed by atoms with Crippen LogP contribution in [0.5, 0.6) is 5.75 Å². The van der Waals surface area contributed by atoms with Crippen molar-refractivity contribution < 1.29 is 28.2 Å². The van der Waals surface area contributed by atoms with Crippen molar-refractivity contribution in [1.82, 2.24) is 4.98 Å². The van der Waals surface area contributed by atoms with Crippen molar-refractivity contribution in [1.29, 1.82) is 0 Å². The molecule has 0 radical (unpaired) electrons. The van der Waals surface area contributed by atoms with Gasteiger partial charge in [-0.1, -0.05) is 6.58 Å². The maximum atomic E-state index is 10.6. The smallest absolute Gasteiger partial charge is 0.490 e. The number of aliphatic carboxylic acids is 1. The summed E-state index contributed by atoms with van der Waals surface area (Å²) in [5.41, 5.74) is 1.76. The molecular weight excluding hydrogens is 239 g/mol. The standard InChI is InChI=1S/C8H9NO.C2HF3O2/c1-3-8-6(2)4-7(10)5-9-8;3-2(4,5)1(6)7/h3-5,10H,1H2,2H3;(H,6,7). The highest BCUT2D eigenvalue weighted by molar-refractivity contribution is 5.73. The molecule has 0 unspecified atom stereocenters. The van der Waals surface area contributed by atoms with E-state index < -0.39 is 12.1 Å². The maximum Gasteiger partial charge on any atom is 0.490 e. The van der Waals surface area contributed by atoms with Crippen molar-refractivity contribution in [2.45, 2.75) is 13.1 Å². The predicted octanol–water partition coefficient (Wildman–Crippen LogP) is 2.37. The summed E-state index contributed by atoms with van der Waals surface area (Å²) in [5.74, 6) is -2.56. The van der Waals surface area contributed by atoms with Gasteiger partial charge >= 0.3 is 12.1 Å². The van der Waals surface area contributed by atoms with Crippen LogP contribution in [0.15, 0.2) is 18.8 Å². The van der Waals surface area contributed by atoms with Crippen LogP contribution in [-0.4, -0.2) is 27.3 Å². The molecule has 7 heteroatoms. The number of pyridine rings is 1. The van der Waals surface area contributed by atoms with Crippen LogP contribution in [0.2, 0.25) is 0 Å². The van der Waals surface area contributed by atoms with Gasteiger partial charge in [0.1, 0.15) is 5.75 Å². The summed E-state index contributed by atoms with van der Waals surface area (Å²) in [5, 5.41) is 16.1. The minimum atomic E-state index is -5.08. The van der Waals surface area contributed by atoms with E-state index in [-0.39, 0.29) is 5.75 Å². The predicted molar refractivity (Wildman–Crippen MR) is 54.4 cm³/mol. The largest absolute Gasteiger partial charge is 0.506 e. The number of rotatable bonds is 1. The monoisotopic (exact) mass is 249 g/mol. The van der Waals surface area contributed by atoms with Crippen molar-refractivity contribution in [3.63, 3.8) is 0 Å². The van der Waals surface area contributed by atoms with E-state index in [0.29, 0.717) is 0 Å². The lowest BCUT2D eigenvalue weighted by Crippen LogP contribution is -2.21. The number of aromatic hydroxyl groups is 1. The summed E-state index contributed by atoms with van der Waals surface area (Å²) in [4.78, 5) is 12.8. The Bertz CT molecular complexity index is 416. The average Bonchev–Trinajstić information content (AvgIpc) is 2.17. The Hall–Kier alpha value is -2.05. The lowest BCUT2D eigenvalue weighted by molar-refractivity contribution is -0.192. The van der Waals surface area contributed by atoms with Crippen molar-refractivity contribution >= 4 is 12.0 Å². The van der Waals surface area contributed by atoms with Crippen LogP contribution in [0.1, 0.15) is 11.3 Å². The molecule has 0 bridgehead atoms. The summed E-state index contributed by atoms with van der Waals surface area (Å²) in [6, 6.07) is 1.66. The Morgan fingerprint density at radius 3 is 2.29 bits per heavy atom. The Morgan fingerprint density at radius 1 is 1.53 bits per heavy atom. The molecule has 1 aromatic rings. The first-order chi connectivity index (χ1) is 7.68. The third kappa shape index (κ3) is 5.55. The molecule has 0 saturated heterocycles. The van der Waals surface area contributed by atoms with Crippen LogP contribution in [0.3, 0.4) is 0 Å². The minimum absolute atomic E-state index is 0.197. The molecule has 0 saturated carbocycles. The molecule has 0 amide bonds. The molecule has 4 nitrogen and oxygen atoms in total. The second-order valence-corrected chi connectivity index (χ2v) is 2.90. The highest BCUT2D eigenvalue weighted by Gasteiger charge is 2.38. The second-order valence-electron chi connectivity index (χ2n) is 2.90. The first-order valence-electron chi connectivity index (χ1n) is 4.26. The Labute approximate surface area is 95.0 Å². The first kappa shape index (κ1) is 14.9. The molecule has 0 aliphatic carbocycles. The van der Waals surface area contributed by atoms with Crippen molar-refractivity contribution in [3.8, 4) is 5.75 Å². The van der Waals surface area contributed by atoms with Crippen LogP contribution in [0, 0.1) is 6.92 Å². The molecule has 1 heterocycles. The molecule has 0 atom stereocenters.